The smallest absolute Gasteiger partial charge is 0.137 e. The van der Waals surface area contributed by atoms with Gasteiger partial charge in [0.1, 0.15) is 12.7 Å². The molecule has 0 radical (unpaired) electrons. The van der Waals surface area contributed by atoms with Gasteiger partial charge in [-0.1, -0.05) is 20.8 Å². The van der Waals surface area contributed by atoms with Crippen LogP contribution in [-0.2, 0) is 6.54 Å². The van der Waals surface area contributed by atoms with Crippen molar-refractivity contribution >= 4 is 0 Å². The van der Waals surface area contributed by atoms with Crippen LogP contribution >= 0.6 is 0 Å². The molecule has 0 aromatic carbocycles. The molecule has 1 rings (SSSR count). The molecule has 0 saturated carbocycles. The number of likely N-dealkylation sites (N-methyl/N-ethyl adjacent to an activating group) is 1. The maximum atomic E-state index is 4.13. The second kappa shape index (κ2) is 4.09. The second-order valence-corrected chi connectivity index (χ2v) is 4.96. The highest BCUT2D eigenvalue weighted by Crippen LogP contribution is 2.23. The van der Waals surface area contributed by atoms with Crippen LogP contribution in [0.2, 0.25) is 0 Å². The summed E-state index contributed by atoms with van der Waals surface area (Å²) in [6, 6.07) is 0.462. The Balaban J connectivity index is 2.71. The third-order valence-electron chi connectivity index (χ3n) is 2.45. The first-order valence-corrected chi connectivity index (χ1v) is 4.90. The van der Waals surface area contributed by atoms with Gasteiger partial charge < -0.3 is 4.90 Å². The first kappa shape index (κ1) is 11.2. The summed E-state index contributed by atoms with van der Waals surface area (Å²) in [5.74, 6) is 0. The molecule has 1 aromatic rings. The average molecular weight is 196 g/mol. The number of rotatable bonds is 3. The van der Waals surface area contributed by atoms with E-state index in [4.69, 9.17) is 0 Å². The van der Waals surface area contributed by atoms with Gasteiger partial charge in [0, 0.05) is 6.04 Å². The summed E-state index contributed by atoms with van der Waals surface area (Å²) in [5.41, 5.74) is 0.245. The monoisotopic (exact) mass is 196 g/mol. The van der Waals surface area contributed by atoms with Crippen molar-refractivity contribution in [3.8, 4) is 0 Å². The van der Waals surface area contributed by atoms with E-state index in [2.05, 4.69) is 49.8 Å². The lowest BCUT2D eigenvalue weighted by Gasteiger charge is -2.35. The molecule has 0 amide bonds. The number of nitrogens with zero attached hydrogens (tertiary/aromatic N) is 4. The molecule has 80 valence electrons. The first-order valence-electron chi connectivity index (χ1n) is 4.90. The van der Waals surface area contributed by atoms with E-state index in [1.165, 1.54) is 0 Å². The van der Waals surface area contributed by atoms with Crippen LogP contribution in [0.25, 0.3) is 0 Å². The Morgan fingerprint density at radius 3 is 2.36 bits per heavy atom. The van der Waals surface area contributed by atoms with E-state index in [-0.39, 0.29) is 5.41 Å². The molecule has 0 aliphatic carbocycles. The Kier molecular flexibility index (Phi) is 3.26. The fourth-order valence-electron chi connectivity index (χ4n) is 1.72. The van der Waals surface area contributed by atoms with E-state index in [1.807, 2.05) is 4.68 Å². The van der Waals surface area contributed by atoms with Gasteiger partial charge in [-0.25, -0.2) is 4.98 Å². The van der Waals surface area contributed by atoms with E-state index in [0.29, 0.717) is 6.04 Å². The van der Waals surface area contributed by atoms with Gasteiger partial charge >= 0.3 is 0 Å². The highest BCUT2D eigenvalue weighted by molar-refractivity contribution is 4.80. The SMILES string of the molecule is CN(C)C(Cn1cncn1)C(C)(C)C. The van der Waals surface area contributed by atoms with E-state index < -0.39 is 0 Å². The van der Waals surface area contributed by atoms with Gasteiger partial charge in [0.2, 0.25) is 0 Å². The van der Waals surface area contributed by atoms with Gasteiger partial charge in [0.25, 0.3) is 0 Å². The molecule has 0 aliphatic heterocycles. The number of hydrogen-bond donors (Lipinski definition) is 0. The summed E-state index contributed by atoms with van der Waals surface area (Å²) in [7, 11) is 4.21. The molecule has 0 saturated heterocycles. The van der Waals surface area contributed by atoms with Crippen molar-refractivity contribution in [3.05, 3.63) is 12.7 Å². The normalized spacial score (nSPS) is 14.7. The van der Waals surface area contributed by atoms with Crippen molar-refractivity contribution in [1.29, 1.82) is 0 Å². The minimum Gasteiger partial charge on any atom is -0.304 e. The average Bonchev–Trinajstić information content (AvgIpc) is 2.48. The fourth-order valence-corrected chi connectivity index (χ4v) is 1.72. The second-order valence-electron chi connectivity index (χ2n) is 4.96. The molecule has 0 fully saturated rings. The summed E-state index contributed by atoms with van der Waals surface area (Å²) >= 11 is 0. The molecule has 1 heterocycles. The third-order valence-corrected chi connectivity index (χ3v) is 2.45. The molecule has 0 spiro atoms. The van der Waals surface area contributed by atoms with Crippen molar-refractivity contribution in [2.24, 2.45) is 5.41 Å². The molecule has 0 bridgehead atoms. The minimum absolute atomic E-state index is 0.245. The molecule has 1 aromatic heterocycles. The zero-order chi connectivity index (χ0) is 10.8. The molecule has 4 nitrogen and oxygen atoms in total. The van der Waals surface area contributed by atoms with Crippen LogP contribution in [0, 0.1) is 5.41 Å². The van der Waals surface area contributed by atoms with Crippen molar-refractivity contribution in [2.75, 3.05) is 14.1 Å². The first-order chi connectivity index (χ1) is 6.41. The molecule has 0 aliphatic rings. The topological polar surface area (TPSA) is 34.0 Å². The van der Waals surface area contributed by atoms with E-state index >= 15 is 0 Å². The Bertz CT molecular complexity index is 258. The van der Waals surface area contributed by atoms with Crippen LogP contribution in [-0.4, -0.2) is 39.8 Å². The van der Waals surface area contributed by atoms with Crippen LogP contribution in [0.5, 0.6) is 0 Å². The summed E-state index contributed by atoms with van der Waals surface area (Å²) in [5, 5.41) is 4.13. The van der Waals surface area contributed by atoms with Crippen LogP contribution < -0.4 is 0 Å². The molecule has 1 unspecified atom stereocenters. The summed E-state index contributed by atoms with van der Waals surface area (Å²) in [6.07, 6.45) is 3.34. The highest BCUT2D eigenvalue weighted by atomic mass is 15.3. The van der Waals surface area contributed by atoms with Gasteiger partial charge in [-0.15, -0.1) is 0 Å². The van der Waals surface area contributed by atoms with E-state index in [1.54, 1.807) is 12.7 Å². The fraction of sp³-hybridized carbons (Fsp3) is 0.800. The van der Waals surface area contributed by atoms with E-state index in [9.17, 15) is 0 Å². The molecular weight excluding hydrogens is 176 g/mol. The molecule has 0 N–H and O–H groups in total. The van der Waals surface area contributed by atoms with Crippen LogP contribution in [0.1, 0.15) is 20.8 Å². The maximum absolute atomic E-state index is 4.13. The molecule has 14 heavy (non-hydrogen) atoms. The number of hydrogen-bond acceptors (Lipinski definition) is 3. The zero-order valence-corrected chi connectivity index (χ0v) is 9.73. The Morgan fingerprint density at radius 1 is 1.36 bits per heavy atom. The standard InChI is InChI=1S/C10H20N4/c1-10(2,3)9(13(4)5)6-14-8-11-7-12-14/h7-9H,6H2,1-5H3. The van der Waals surface area contributed by atoms with Gasteiger partial charge in [-0.3, -0.25) is 4.68 Å². The Morgan fingerprint density at radius 2 is 2.00 bits per heavy atom. The largest absolute Gasteiger partial charge is 0.304 e. The lowest BCUT2D eigenvalue weighted by Crippen LogP contribution is -2.42. The van der Waals surface area contributed by atoms with Crippen molar-refractivity contribution < 1.29 is 0 Å². The van der Waals surface area contributed by atoms with Gasteiger partial charge in [-0.05, 0) is 19.5 Å². The predicted octanol–water partition coefficient (Wildman–Crippen LogP) is 1.25. The van der Waals surface area contributed by atoms with Crippen molar-refractivity contribution in [1.82, 2.24) is 19.7 Å². The minimum atomic E-state index is 0.245. The van der Waals surface area contributed by atoms with Crippen LogP contribution in [0.4, 0.5) is 0 Å². The third kappa shape index (κ3) is 2.80. The Labute approximate surface area is 85.9 Å². The summed E-state index contributed by atoms with van der Waals surface area (Å²) < 4.78 is 1.88. The van der Waals surface area contributed by atoms with Gasteiger partial charge in [-0.2, -0.15) is 5.10 Å². The predicted molar refractivity (Wildman–Crippen MR) is 57.0 cm³/mol. The van der Waals surface area contributed by atoms with Crippen molar-refractivity contribution in [3.63, 3.8) is 0 Å². The molecule has 4 heteroatoms. The lowest BCUT2D eigenvalue weighted by molar-refractivity contribution is 0.129. The van der Waals surface area contributed by atoms with Gasteiger partial charge in [0.05, 0.1) is 6.54 Å². The lowest BCUT2D eigenvalue weighted by atomic mass is 9.86. The van der Waals surface area contributed by atoms with Crippen molar-refractivity contribution in [2.45, 2.75) is 33.4 Å². The molecule has 1 atom stereocenters. The van der Waals surface area contributed by atoms with E-state index in [0.717, 1.165) is 6.54 Å². The Hall–Kier alpha value is -0.900. The molecular formula is C10H20N4. The van der Waals surface area contributed by atoms with Crippen LogP contribution in [0.15, 0.2) is 12.7 Å². The highest BCUT2D eigenvalue weighted by Gasteiger charge is 2.26. The number of aromatic nitrogens is 3. The van der Waals surface area contributed by atoms with Gasteiger partial charge in [0.15, 0.2) is 0 Å². The quantitative estimate of drug-likeness (QED) is 0.729. The maximum Gasteiger partial charge on any atom is 0.137 e. The zero-order valence-electron chi connectivity index (χ0n) is 9.73. The van der Waals surface area contributed by atoms with Crippen LogP contribution in [0.3, 0.4) is 0 Å². The summed E-state index contributed by atoms with van der Waals surface area (Å²) in [6.45, 7) is 7.62. The summed E-state index contributed by atoms with van der Waals surface area (Å²) in [4.78, 5) is 6.19.